The van der Waals surface area contributed by atoms with Gasteiger partial charge in [0.05, 0.1) is 5.88 Å². The van der Waals surface area contributed by atoms with Gasteiger partial charge in [0.2, 0.25) is 0 Å². The molecule has 1 aliphatic heterocycles. The molecule has 1 saturated heterocycles. The van der Waals surface area contributed by atoms with Crippen molar-refractivity contribution in [1.29, 1.82) is 0 Å². The SMILES string of the molecule is CC(C)(C)OC(=O)N1CCCC1(C)C(=O)CCl. The number of alkyl halides is 1. The molecule has 0 aromatic rings. The van der Waals surface area contributed by atoms with Crippen molar-refractivity contribution < 1.29 is 14.3 Å². The zero-order valence-corrected chi connectivity index (χ0v) is 11.6. The van der Waals surface area contributed by atoms with Crippen LogP contribution in [0, 0.1) is 0 Å². The molecule has 0 spiro atoms. The summed E-state index contributed by atoms with van der Waals surface area (Å²) in [4.78, 5) is 25.3. The number of nitrogens with zero attached hydrogens (tertiary/aromatic N) is 1. The summed E-state index contributed by atoms with van der Waals surface area (Å²) in [6, 6.07) is 0. The van der Waals surface area contributed by atoms with Crippen molar-refractivity contribution in [2.75, 3.05) is 12.4 Å². The average molecular weight is 262 g/mol. The van der Waals surface area contributed by atoms with E-state index in [9.17, 15) is 9.59 Å². The Balaban J connectivity index is 2.83. The van der Waals surface area contributed by atoms with E-state index in [0.717, 1.165) is 6.42 Å². The molecule has 0 aliphatic carbocycles. The largest absolute Gasteiger partial charge is 0.444 e. The third-order valence-electron chi connectivity index (χ3n) is 2.98. The standard InChI is InChI=1S/C12H20ClNO3/c1-11(2,3)17-10(16)14-7-5-6-12(14,4)9(15)8-13/h5-8H2,1-4H3. The molecular formula is C12H20ClNO3. The van der Waals surface area contributed by atoms with Crippen LogP contribution in [0.3, 0.4) is 0 Å². The molecule has 0 saturated carbocycles. The Bertz CT molecular complexity index is 324. The van der Waals surface area contributed by atoms with Gasteiger partial charge in [0.25, 0.3) is 0 Å². The Labute approximate surface area is 107 Å². The Morgan fingerprint density at radius 3 is 2.47 bits per heavy atom. The van der Waals surface area contributed by atoms with Crippen LogP contribution < -0.4 is 0 Å². The number of ether oxygens (including phenoxy) is 1. The number of ketones is 1. The van der Waals surface area contributed by atoms with E-state index < -0.39 is 17.2 Å². The number of Topliss-reactive ketones (excluding diaryl/α,β-unsaturated/α-hetero) is 1. The maximum atomic E-state index is 12.0. The summed E-state index contributed by atoms with van der Waals surface area (Å²) in [5.74, 6) is -0.196. The van der Waals surface area contributed by atoms with E-state index in [1.54, 1.807) is 6.92 Å². The summed E-state index contributed by atoms with van der Waals surface area (Å²) in [6.07, 6.45) is 1.02. The lowest BCUT2D eigenvalue weighted by atomic mass is 9.94. The van der Waals surface area contributed by atoms with Crippen molar-refractivity contribution in [3.8, 4) is 0 Å². The summed E-state index contributed by atoms with van der Waals surface area (Å²) >= 11 is 5.60. The zero-order chi connectivity index (χ0) is 13.3. The fourth-order valence-corrected chi connectivity index (χ4v) is 2.29. The van der Waals surface area contributed by atoms with E-state index in [1.807, 2.05) is 20.8 Å². The van der Waals surface area contributed by atoms with Crippen LogP contribution >= 0.6 is 11.6 Å². The van der Waals surface area contributed by atoms with Gasteiger partial charge in [0, 0.05) is 6.54 Å². The molecule has 4 nitrogen and oxygen atoms in total. The molecule has 1 fully saturated rings. The molecule has 17 heavy (non-hydrogen) atoms. The number of amides is 1. The highest BCUT2D eigenvalue weighted by Gasteiger charge is 2.46. The third-order valence-corrected chi connectivity index (χ3v) is 3.22. The number of carbonyl (C=O) groups excluding carboxylic acids is 2. The molecule has 0 N–H and O–H groups in total. The maximum Gasteiger partial charge on any atom is 0.411 e. The minimum atomic E-state index is -0.802. The molecular weight excluding hydrogens is 242 g/mol. The summed E-state index contributed by atoms with van der Waals surface area (Å²) in [5.41, 5.74) is -1.35. The van der Waals surface area contributed by atoms with Crippen molar-refractivity contribution >= 4 is 23.5 Å². The fourth-order valence-electron chi connectivity index (χ4n) is 2.01. The maximum absolute atomic E-state index is 12.0. The van der Waals surface area contributed by atoms with E-state index in [2.05, 4.69) is 0 Å². The van der Waals surface area contributed by atoms with Gasteiger partial charge in [0.1, 0.15) is 11.1 Å². The van der Waals surface area contributed by atoms with Gasteiger partial charge < -0.3 is 4.74 Å². The lowest BCUT2D eigenvalue weighted by Gasteiger charge is -2.34. The van der Waals surface area contributed by atoms with Crippen LogP contribution in [0.15, 0.2) is 0 Å². The first-order valence-corrected chi connectivity index (χ1v) is 6.34. The molecule has 1 aliphatic rings. The minimum absolute atomic E-state index is 0.0736. The Morgan fingerprint density at radius 2 is 2.00 bits per heavy atom. The second kappa shape index (κ2) is 4.84. The quantitative estimate of drug-likeness (QED) is 0.718. The Hall–Kier alpha value is -0.770. The van der Waals surface area contributed by atoms with E-state index >= 15 is 0 Å². The van der Waals surface area contributed by atoms with Crippen molar-refractivity contribution in [3.63, 3.8) is 0 Å². The molecule has 1 rings (SSSR count). The predicted molar refractivity (Wildman–Crippen MR) is 66.3 cm³/mol. The number of carbonyl (C=O) groups is 2. The van der Waals surface area contributed by atoms with Gasteiger partial charge >= 0.3 is 6.09 Å². The number of likely N-dealkylation sites (tertiary alicyclic amines) is 1. The molecule has 0 aromatic carbocycles. The Kier molecular flexibility index (Phi) is 4.07. The van der Waals surface area contributed by atoms with Gasteiger partial charge in [-0.05, 0) is 40.5 Å². The summed E-state index contributed by atoms with van der Waals surface area (Å²) in [7, 11) is 0. The zero-order valence-electron chi connectivity index (χ0n) is 10.9. The number of hydrogen-bond acceptors (Lipinski definition) is 3. The van der Waals surface area contributed by atoms with Crippen LogP contribution in [0.4, 0.5) is 4.79 Å². The monoisotopic (exact) mass is 261 g/mol. The number of rotatable bonds is 2. The Morgan fingerprint density at radius 1 is 1.41 bits per heavy atom. The molecule has 1 unspecified atom stereocenters. The molecule has 0 bridgehead atoms. The van der Waals surface area contributed by atoms with Crippen LogP contribution in [0.5, 0.6) is 0 Å². The first-order chi connectivity index (χ1) is 7.70. The molecule has 0 aromatic heterocycles. The van der Waals surface area contributed by atoms with Gasteiger partial charge in [-0.3, -0.25) is 9.69 Å². The van der Waals surface area contributed by atoms with Gasteiger partial charge in [-0.25, -0.2) is 4.79 Å². The molecule has 1 atom stereocenters. The molecule has 1 amide bonds. The second-order valence-corrected chi connectivity index (χ2v) is 5.83. The minimum Gasteiger partial charge on any atom is -0.444 e. The summed E-state index contributed by atoms with van der Waals surface area (Å²) in [6.45, 7) is 7.73. The van der Waals surface area contributed by atoms with Crippen LogP contribution in [-0.4, -0.2) is 40.3 Å². The van der Waals surface area contributed by atoms with Crippen molar-refractivity contribution in [2.24, 2.45) is 0 Å². The molecule has 0 radical (unpaired) electrons. The smallest absolute Gasteiger partial charge is 0.411 e. The van der Waals surface area contributed by atoms with Crippen LogP contribution in [0.2, 0.25) is 0 Å². The third kappa shape index (κ3) is 3.12. The molecule has 98 valence electrons. The van der Waals surface area contributed by atoms with E-state index in [-0.39, 0.29) is 11.7 Å². The lowest BCUT2D eigenvalue weighted by Crippen LogP contribution is -2.52. The van der Waals surface area contributed by atoms with Gasteiger partial charge in [-0.1, -0.05) is 0 Å². The van der Waals surface area contributed by atoms with Gasteiger partial charge in [-0.2, -0.15) is 0 Å². The van der Waals surface area contributed by atoms with E-state index in [1.165, 1.54) is 4.90 Å². The second-order valence-electron chi connectivity index (χ2n) is 5.57. The van der Waals surface area contributed by atoms with Crippen LogP contribution in [0.1, 0.15) is 40.5 Å². The highest BCUT2D eigenvalue weighted by Crippen LogP contribution is 2.31. The fraction of sp³-hybridized carbons (Fsp3) is 0.833. The highest BCUT2D eigenvalue weighted by atomic mass is 35.5. The molecule has 5 heteroatoms. The first kappa shape index (κ1) is 14.3. The van der Waals surface area contributed by atoms with E-state index in [0.29, 0.717) is 13.0 Å². The predicted octanol–water partition coefficient (Wildman–Crippen LogP) is 2.58. The van der Waals surface area contributed by atoms with Crippen molar-refractivity contribution in [1.82, 2.24) is 4.90 Å². The topological polar surface area (TPSA) is 46.6 Å². The van der Waals surface area contributed by atoms with Crippen LogP contribution in [-0.2, 0) is 9.53 Å². The summed E-state index contributed by atoms with van der Waals surface area (Å²) < 4.78 is 5.30. The number of hydrogen-bond donors (Lipinski definition) is 0. The normalized spacial score (nSPS) is 24.9. The van der Waals surface area contributed by atoms with Gasteiger partial charge in [-0.15, -0.1) is 11.6 Å². The highest BCUT2D eigenvalue weighted by molar-refractivity contribution is 6.29. The number of halogens is 1. The van der Waals surface area contributed by atoms with Gasteiger partial charge in [0.15, 0.2) is 5.78 Å². The molecule has 1 heterocycles. The van der Waals surface area contributed by atoms with Crippen LogP contribution in [0.25, 0.3) is 0 Å². The van der Waals surface area contributed by atoms with E-state index in [4.69, 9.17) is 16.3 Å². The summed E-state index contributed by atoms with van der Waals surface area (Å²) in [5, 5.41) is 0. The first-order valence-electron chi connectivity index (χ1n) is 5.80. The lowest BCUT2D eigenvalue weighted by molar-refractivity contribution is -0.126. The average Bonchev–Trinajstić information content (AvgIpc) is 2.58. The van der Waals surface area contributed by atoms with Crippen molar-refractivity contribution in [2.45, 2.75) is 51.7 Å². The van der Waals surface area contributed by atoms with Crippen molar-refractivity contribution in [3.05, 3.63) is 0 Å².